The lowest BCUT2D eigenvalue weighted by molar-refractivity contribution is 0.179. The van der Waals surface area contributed by atoms with Crippen LogP contribution in [-0.4, -0.2) is 5.11 Å². The molecule has 2 aromatic carbocycles. The van der Waals surface area contributed by atoms with E-state index in [0.29, 0.717) is 17.1 Å². The van der Waals surface area contributed by atoms with E-state index < -0.39 is 6.10 Å². The molecule has 0 spiro atoms. The van der Waals surface area contributed by atoms with Gasteiger partial charge in [0.05, 0.1) is 6.10 Å². The number of halogens is 1. The molecule has 0 saturated heterocycles. The van der Waals surface area contributed by atoms with E-state index in [1.165, 1.54) is 5.56 Å². The molecule has 2 rings (SSSR count). The van der Waals surface area contributed by atoms with Gasteiger partial charge in [-0.3, -0.25) is 0 Å². The van der Waals surface area contributed by atoms with E-state index in [2.05, 4.69) is 6.07 Å². The lowest BCUT2D eigenvalue weighted by atomic mass is 9.99. The summed E-state index contributed by atoms with van der Waals surface area (Å²) in [5, 5.41) is 10.8. The first-order valence-corrected chi connectivity index (χ1v) is 6.22. The molecule has 2 aromatic rings. The number of rotatable bonds is 3. The molecule has 0 heterocycles. The highest BCUT2D eigenvalue weighted by Crippen LogP contribution is 2.26. The van der Waals surface area contributed by atoms with E-state index in [1.54, 1.807) is 18.2 Å². The zero-order valence-corrected chi connectivity index (χ0v) is 11.0. The smallest absolute Gasteiger partial charge is 0.0850 e. The lowest BCUT2D eigenvalue weighted by Gasteiger charge is -2.14. The first-order chi connectivity index (χ1) is 8.56. The van der Waals surface area contributed by atoms with Crippen LogP contribution in [0.2, 0.25) is 5.02 Å². The van der Waals surface area contributed by atoms with Gasteiger partial charge in [-0.2, -0.15) is 0 Å². The molecule has 0 amide bonds. The maximum absolute atomic E-state index is 10.2. The molecule has 1 unspecified atom stereocenters. The van der Waals surface area contributed by atoms with Gasteiger partial charge in [0.1, 0.15) is 0 Å². The van der Waals surface area contributed by atoms with Gasteiger partial charge in [0.2, 0.25) is 0 Å². The van der Waals surface area contributed by atoms with Crippen LogP contribution in [0.5, 0.6) is 0 Å². The standard InChI is InChI=1S/C15H16ClNO/c1-10-3-2-4-11(7-10)8-15(18)13-6-5-12(16)9-14(13)17/h2-7,9,15,18H,8,17H2,1H3. The molecule has 0 radical (unpaired) electrons. The van der Waals surface area contributed by atoms with Crippen molar-refractivity contribution in [2.75, 3.05) is 5.73 Å². The van der Waals surface area contributed by atoms with E-state index >= 15 is 0 Å². The SMILES string of the molecule is Cc1cccc(CC(O)c2ccc(Cl)cc2N)c1. The molecule has 0 aliphatic heterocycles. The van der Waals surface area contributed by atoms with E-state index in [-0.39, 0.29) is 0 Å². The zero-order valence-electron chi connectivity index (χ0n) is 10.2. The van der Waals surface area contributed by atoms with Gasteiger partial charge in [-0.05, 0) is 24.6 Å². The molecule has 3 N–H and O–H groups in total. The molecular weight excluding hydrogens is 246 g/mol. The summed E-state index contributed by atoms with van der Waals surface area (Å²) in [6.45, 7) is 2.03. The second-order valence-corrected chi connectivity index (χ2v) is 4.92. The topological polar surface area (TPSA) is 46.2 Å². The van der Waals surface area contributed by atoms with Crippen LogP contribution in [0.15, 0.2) is 42.5 Å². The van der Waals surface area contributed by atoms with Crippen LogP contribution >= 0.6 is 11.6 Å². The number of nitrogens with two attached hydrogens (primary N) is 1. The maximum atomic E-state index is 10.2. The number of anilines is 1. The Labute approximate surface area is 112 Å². The summed E-state index contributed by atoms with van der Waals surface area (Å²) in [5.41, 5.74) is 9.39. The Morgan fingerprint density at radius 2 is 2.00 bits per heavy atom. The number of hydrogen-bond acceptors (Lipinski definition) is 2. The summed E-state index contributed by atoms with van der Waals surface area (Å²) in [4.78, 5) is 0. The van der Waals surface area contributed by atoms with Crippen molar-refractivity contribution in [1.82, 2.24) is 0 Å². The quantitative estimate of drug-likeness (QED) is 0.831. The third kappa shape index (κ3) is 3.03. The molecule has 0 aliphatic carbocycles. The highest BCUT2D eigenvalue weighted by Gasteiger charge is 2.12. The predicted octanol–water partition coefficient (Wildman–Crippen LogP) is 3.51. The van der Waals surface area contributed by atoms with E-state index in [0.717, 1.165) is 11.1 Å². The Balaban J connectivity index is 2.19. The number of aryl methyl sites for hydroxylation is 1. The minimum absolute atomic E-state index is 0.530. The Morgan fingerprint density at radius 1 is 1.22 bits per heavy atom. The lowest BCUT2D eigenvalue weighted by Crippen LogP contribution is -2.05. The Morgan fingerprint density at radius 3 is 2.67 bits per heavy atom. The molecule has 94 valence electrons. The van der Waals surface area contributed by atoms with Crippen LogP contribution in [0.4, 0.5) is 5.69 Å². The zero-order chi connectivity index (χ0) is 13.1. The number of aliphatic hydroxyl groups is 1. The average molecular weight is 262 g/mol. The van der Waals surface area contributed by atoms with Crippen molar-refractivity contribution in [2.24, 2.45) is 0 Å². The maximum Gasteiger partial charge on any atom is 0.0850 e. The van der Waals surface area contributed by atoms with Crippen LogP contribution in [0.25, 0.3) is 0 Å². The molecule has 3 heteroatoms. The van der Waals surface area contributed by atoms with Crippen molar-refractivity contribution in [2.45, 2.75) is 19.4 Å². The highest BCUT2D eigenvalue weighted by atomic mass is 35.5. The fourth-order valence-electron chi connectivity index (χ4n) is 2.02. The van der Waals surface area contributed by atoms with Crippen molar-refractivity contribution in [3.8, 4) is 0 Å². The molecule has 0 fully saturated rings. The summed E-state index contributed by atoms with van der Waals surface area (Å²) in [7, 11) is 0. The number of hydrogen-bond donors (Lipinski definition) is 2. The van der Waals surface area contributed by atoms with Crippen LogP contribution < -0.4 is 5.73 Å². The van der Waals surface area contributed by atoms with Gasteiger partial charge < -0.3 is 10.8 Å². The van der Waals surface area contributed by atoms with Crippen molar-refractivity contribution < 1.29 is 5.11 Å². The van der Waals surface area contributed by atoms with Crippen LogP contribution in [0.3, 0.4) is 0 Å². The predicted molar refractivity (Wildman–Crippen MR) is 75.7 cm³/mol. The van der Waals surface area contributed by atoms with E-state index in [4.69, 9.17) is 17.3 Å². The Bertz CT molecular complexity index is 554. The fourth-order valence-corrected chi connectivity index (χ4v) is 2.20. The molecular formula is C15H16ClNO. The minimum atomic E-state index is -0.607. The molecule has 0 bridgehead atoms. The van der Waals surface area contributed by atoms with Crippen molar-refractivity contribution in [1.29, 1.82) is 0 Å². The number of benzene rings is 2. The first kappa shape index (κ1) is 12.9. The number of aliphatic hydroxyl groups excluding tert-OH is 1. The molecule has 0 aliphatic rings. The monoisotopic (exact) mass is 261 g/mol. The van der Waals surface area contributed by atoms with Gasteiger partial charge in [-0.25, -0.2) is 0 Å². The molecule has 0 saturated carbocycles. The molecule has 0 aromatic heterocycles. The van der Waals surface area contributed by atoms with Crippen LogP contribution in [0.1, 0.15) is 22.8 Å². The van der Waals surface area contributed by atoms with Crippen LogP contribution in [-0.2, 0) is 6.42 Å². The van der Waals surface area contributed by atoms with Gasteiger partial charge in [-0.15, -0.1) is 0 Å². The summed E-state index contributed by atoms with van der Waals surface area (Å²) >= 11 is 5.84. The number of nitrogen functional groups attached to an aromatic ring is 1. The second kappa shape index (κ2) is 5.42. The van der Waals surface area contributed by atoms with Gasteiger partial charge in [0.15, 0.2) is 0 Å². The molecule has 18 heavy (non-hydrogen) atoms. The summed E-state index contributed by atoms with van der Waals surface area (Å²) in [5.74, 6) is 0. The van der Waals surface area contributed by atoms with Gasteiger partial charge >= 0.3 is 0 Å². The van der Waals surface area contributed by atoms with Crippen LogP contribution in [0, 0.1) is 6.92 Å². The Hall–Kier alpha value is -1.51. The summed E-state index contributed by atoms with van der Waals surface area (Å²) in [6, 6.07) is 13.3. The van der Waals surface area contributed by atoms with E-state index in [9.17, 15) is 5.11 Å². The largest absolute Gasteiger partial charge is 0.398 e. The fraction of sp³-hybridized carbons (Fsp3) is 0.200. The second-order valence-electron chi connectivity index (χ2n) is 4.48. The summed E-state index contributed by atoms with van der Waals surface area (Å²) < 4.78 is 0. The van der Waals surface area contributed by atoms with Gasteiger partial charge in [0, 0.05) is 22.7 Å². The van der Waals surface area contributed by atoms with Crippen molar-refractivity contribution in [3.63, 3.8) is 0 Å². The molecule has 1 atom stereocenters. The normalized spacial score (nSPS) is 12.4. The third-order valence-electron chi connectivity index (χ3n) is 2.92. The van der Waals surface area contributed by atoms with Gasteiger partial charge in [-0.1, -0.05) is 47.5 Å². The van der Waals surface area contributed by atoms with Crippen molar-refractivity contribution >= 4 is 17.3 Å². The van der Waals surface area contributed by atoms with Crippen molar-refractivity contribution in [3.05, 3.63) is 64.2 Å². The highest BCUT2D eigenvalue weighted by molar-refractivity contribution is 6.30. The molecule has 2 nitrogen and oxygen atoms in total. The third-order valence-corrected chi connectivity index (χ3v) is 3.15. The van der Waals surface area contributed by atoms with Gasteiger partial charge in [0.25, 0.3) is 0 Å². The summed E-state index contributed by atoms with van der Waals surface area (Å²) in [6.07, 6.45) is -0.0582. The first-order valence-electron chi connectivity index (χ1n) is 5.85. The Kier molecular flexibility index (Phi) is 3.90. The average Bonchev–Trinajstić information content (AvgIpc) is 2.28. The minimum Gasteiger partial charge on any atom is -0.398 e. The van der Waals surface area contributed by atoms with E-state index in [1.807, 2.05) is 25.1 Å².